The first kappa shape index (κ1) is 34.8. The lowest BCUT2D eigenvalue weighted by Crippen LogP contribution is -2.51. The zero-order chi connectivity index (χ0) is 33.5. The minimum atomic E-state index is -1.62. The molecule has 1 N–H and O–H groups in total. The summed E-state index contributed by atoms with van der Waals surface area (Å²) < 4.78 is 53.3. The quantitative estimate of drug-likeness (QED) is 0.247. The van der Waals surface area contributed by atoms with Gasteiger partial charge in [-0.05, 0) is 93.8 Å². The first-order valence-electron chi connectivity index (χ1n) is 15.4. The smallest absolute Gasteiger partial charge is 0.313 e. The maximum Gasteiger partial charge on any atom is 0.313 e. The van der Waals surface area contributed by atoms with Crippen LogP contribution in [0.2, 0.25) is 5.02 Å². The normalized spacial score (nSPS) is 20.2. The van der Waals surface area contributed by atoms with Crippen LogP contribution < -0.4 is 5.32 Å². The van der Waals surface area contributed by atoms with E-state index in [-0.39, 0.29) is 40.1 Å². The summed E-state index contributed by atoms with van der Waals surface area (Å²) in [5.41, 5.74) is -1.02. The van der Waals surface area contributed by atoms with Gasteiger partial charge in [-0.15, -0.1) is 0 Å². The molecule has 0 saturated carbocycles. The van der Waals surface area contributed by atoms with E-state index in [4.69, 9.17) is 16.3 Å². The molecule has 2 aromatic heterocycles. The average Bonchev–Trinajstić information content (AvgIpc) is 3.29. The molecule has 7 nitrogen and oxygen atoms in total. The molecule has 1 aliphatic rings. The van der Waals surface area contributed by atoms with Gasteiger partial charge in [-0.3, -0.25) is 14.4 Å². The molecule has 246 valence electrons. The monoisotopic (exact) mass is 647 g/mol. The average molecular weight is 648 g/mol. The molecule has 3 atom stereocenters. The number of alkyl halides is 1. The van der Waals surface area contributed by atoms with E-state index in [0.717, 1.165) is 5.69 Å². The number of piperidine rings is 1. The molecule has 3 heterocycles. The van der Waals surface area contributed by atoms with Crippen LogP contribution in [0.25, 0.3) is 0 Å². The van der Waals surface area contributed by atoms with E-state index in [1.807, 2.05) is 45.4 Å². The lowest BCUT2D eigenvalue weighted by Gasteiger charge is -2.45. The van der Waals surface area contributed by atoms with Crippen molar-refractivity contribution < 1.29 is 22.7 Å². The number of rotatable bonds is 8. The lowest BCUT2D eigenvalue weighted by atomic mass is 9.71. The Hall–Kier alpha value is -3.11. The number of pyridine rings is 1. The van der Waals surface area contributed by atoms with Crippen molar-refractivity contribution in [3.05, 3.63) is 69.5 Å². The third-order valence-corrected chi connectivity index (χ3v) is 8.48. The molecule has 0 radical (unpaired) electrons. The summed E-state index contributed by atoms with van der Waals surface area (Å²) >= 11 is 6.01. The van der Waals surface area contributed by atoms with Gasteiger partial charge in [0.2, 0.25) is 0 Å². The molecule has 3 aromatic rings. The van der Waals surface area contributed by atoms with Gasteiger partial charge in [0.15, 0.2) is 11.6 Å². The summed E-state index contributed by atoms with van der Waals surface area (Å²) in [5, 5.41) is 7.80. The molecular formula is C34H45ClF3N5O2. The van der Waals surface area contributed by atoms with Crippen LogP contribution in [0.15, 0.2) is 30.3 Å². The van der Waals surface area contributed by atoms with Crippen LogP contribution in [-0.4, -0.2) is 43.8 Å². The molecule has 0 aliphatic carbocycles. The maximum absolute atomic E-state index is 16.0. The molecule has 1 fully saturated rings. The Kier molecular flexibility index (Phi) is 10.0. The number of hydrogen-bond acceptors (Lipinski definition) is 6. The van der Waals surface area contributed by atoms with E-state index in [1.54, 1.807) is 32.9 Å². The molecule has 0 amide bonds. The number of anilines is 2. The molecule has 0 spiro atoms. The Balaban J connectivity index is 1.70. The zero-order valence-corrected chi connectivity index (χ0v) is 28.5. The van der Waals surface area contributed by atoms with Gasteiger partial charge < -0.3 is 10.1 Å². The zero-order valence-electron chi connectivity index (χ0n) is 27.7. The Morgan fingerprint density at radius 1 is 1.16 bits per heavy atom. The minimum absolute atomic E-state index is 0.0288. The number of benzene rings is 1. The van der Waals surface area contributed by atoms with E-state index in [9.17, 15) is 13.6 Å². The Labute approximate surface area is 269 Å². The van der Waals surface area contributed by atoms with Crippen molar-refractivity contribution in [2.24, 2.45) is 5.41 Å². The number of aryl methyl sites for hydroxylation is 1. The van der Waals surface area contributed by atoms with Crippen LogP contribution in [0.5, 0.6) is 0 Å². The van der Waals surface area contributed by atoms with E-state index in [2.05, 4.69) is 20.3 Å². The van der Waals surface area contributed by atoms with E-state index in [1.165, 1.54) is 19.1 Å². The highest BCUT2D eigenvalue weighted by atomic mass is 35.5. The number of carbonyl (C=O) groups is 1. The van der Waals surface area contributed by atoms with Crippen LogP contribution in [-0.2, 0) is 28.0 Å². The number of ether oxygens (including phenoxy) is 1. The fourth-order valence-corrected chi connectivity index (χ4v) is 6.24. The van der Waals surface area contributed by atoms with Crippen molar-refractivity contribution in [1.82, 2.24) is 19.7 Å². The lowest BCUT2D eigenvalue weighted by molar-refractivity contribution is -0.172. The Morgan fingerprint density at radius 2 is 1.84 bits per heavy atom. The Morgan fingerprint density at radius 3 is 2.42 bits per heavy atom. The first-order chi connectivity index (χ1) is 20.8. The second kappa shape index (κ2) is 12.9. The first-order valence-corrected chi connectivity index (χ1v) is 15.8. The predicted octanol–water partition coefficient (Wildman–Crippen LogP) is 8.60. The van der Waals surface area contributed by atoms with Crippen molar-refractivity contribution in [3.8, 4) is 0 Å². The molecule has 0 bridgehead atoms. The van der Waals surface area contributed by atoms with Crippen LogP contribution in [0.4, 0.5) is 24.8 Å². The number of likely N-dealkylation sites (tertiary alicyclic amines) is 1. The van der Waals surface area contributed by atoms with Gasteiger partial charge in [0.05, 0.1) is 21.7 Å². The van der Waals surface area contributed by atoms with E-state index in [0.29, 0.717) is 37.3 Å². The second-order valence-electron chi connectivity index (χ2n) is 14.3. The SMILES string of the molecule is Cc1cc(Nc2cc(C(C)F)c(F)c(CC3(C(=O)OC(C)(C)C)CCN(Cc4cccc(Cl)c4F)C(C)C3)n2)nn1C(C)(C)C. The van der Waals surface area contributed by atoms with Gasteiger partial charge >= 0.3 is 5.97 Å². The molecule has 3 unspecified atom stereocenters. The highest BCUT2D eigenvalue weighted by molar-refractivity contribution is 6.30. The second-order valence-corrected chi connectivity index (χ2v) is 14.7. The van der Waals surface area contributed by atoms with Crippen LogP contribution in [0, 0.1) is 24.0 Å². The van der Waals surface area contributed by atoms with Gasteiger partial charge in [0, 0.05) is 41.9 Å². The Bertz CT molecular complexity index is 1550. The molecule has 1 aromatic carbocycles. The van der Waals surface area contributed by atoms with Crippen molar-refractivity contribution >= 4 is 29.2 Å². The predicted molar refractivity (Wildman–Crippen MR) is 171 cm³/mol. The topological polar surface area (TPSA) is 72.3 Å². The standard InChI is InChI=1S/C34H45ClF3N5O2/c1-20-15-28(41-43(20)32(4,5)6)40-27-16-24(22(3)36)30(38)26(39-27)18-34(31(44)45-33(7,8)9)13-14-42(21(2)17-34)19-23-11-10-12-25(35)29(23)37/h10-12,15-16,21-22H,13-14,17-19H2,1-9H3,(H,39,40,41). The van der Waals surface area contributed by atoms with Crippen molar-refractivity contribution in [3.63, 3.8) is 0 Å². The fraction of sp³-hybridized carbons (Fsp3) is 0.559. The summed E-state index contributed by atoms with van der Waals surface area (Å²) in [6, 6.07) is 7.89. The number of aromatic nitrogens is 3. The number of carbonyl (C=O) groups excluding carboxylic acids is 1. The number of nitrogens with one attached hydrogen (secondary N) is 1. The molecular weight excluding hydrogens is 603 g/mol. The van der Waals surface area contributed by atoms with Crippen molar-refractivity contribution in [1.29, 1.82) is 0 Å². The molecule has 11 heteroatoms. The van der Waals surface area contributed by atoms with Crippen LogP contribution in [0.1, 0.15) is 96.9 Å². The highest BCUT2D eigenvalue weighted by Crippen LogP contribution is 2.42. The van der Waals surface area contributed by atoms with Crippen molar-refractivity contribution in [2.75, 3.05) is 11.9 Å². The minimum Gasteiger partial charge on any atom is -0.460 e. The van der Waals surface area contributed by atoms with Gasteiger partial charge in [-0.25, -0.2) is 18.2 Å². The number of hydrogen-bond donors (Lipinski definition) is 1. The molecule has 1 saturated heterocycles. The summed E-state index contributed by atoms with van der Waals surface area (Å²) in [6.45, 7) is 17.3. The summed E-state index contributed by atoms with van der Waals surface area (Å²) in [7, 11) is 0. The fourth-order valence-electron chi connectivity index (χ4n) is 6.04. The van der Waals surface area contributed by atoms with Crippen molar-refractivity contribution in [2.45, 2.75) is 111 Å². The van der Waals surface area contributed by atoms with E-state index >= 15 is 4.39 Å². The number of esters is 1. The summed E-state index contributed by atoms with van der Waals surface area (Å²) in [6.07, 6.45) is -1.10. The van der Waals surface area contributed by atoms with Gasteiger partial charge in [-0.2, -0.15) is 5.10 Å². The maximum atomic E-state index is 16.0. The number of halogens is 4. The molecule has 4 rings (SSSR count). The van der Waals surface area contributed by atoms with Crippen LogP contribution in [0.3, 0.4) is 0 Å². The van der Waals surface area contributed by atoms with Gasteiger partial charge in [-0.1, -0.05) is 23.7 Å². The number of nitrogens with zero attached hydrogens (tertiary/aromatic N) is 4. The third-order valence-electron chi connectivity index (χ3n) is 8.19. The molecule has 45 heavy (non-hydrogen) atoms. The third kappa shape index (κ3) is 8.01. The summed E-state index contributed by atoms with van der Waals surface area (Å²) in [4.78, 5) is 20.6. The van der Waals surface area contributed by atoms with Gasteiger partial charge in [0.1, 0.15) is 23.4 Å². The highest BCUT2D eigenvalue weighted by Gasteiger charge is 2.47. The summed E-state index contributed by atoms with van der Waals surface area (Å²) in [5.74, 6) is -1.01. The van der Waals surface area contributed by atoms with E-state index < -0.39 is 34.8 Å². The van der Waals surface area contributed by atoms with Gasteiger partial charge in [0.25, 0.3) is 0 Å². The van der Waals surface area contributed by atoms with Crippen LogP contribution >= 0.6 is 11.6 Å². The molecule has 1 aliphatic heterocycles. The largest absolute Gasteiger partial charge is 0.460 e.